The molecule has 1 N–H and O–H groups in total. The van der Waals surface area contributed by atoms with Gasteiger partial charge in [0.25, 0.3) is 5.91 Å². The number of carbonyl (C=O) groups is 1. The standard InChI is InChI=1S/C18H19Cl2NO2/c1-10-5-13(4)18(15(19)6-10)21-16(22)9-23-14-7-11(2)17(20)12(3)8-14/h5-8H,9H2,1-4H3,(H,21,22). The Balaban J connectivity index is 2.04. The normalized spacial score (nSPS) is 10.5. The lowest BCUT2D eigenvalue weighted by Crippen LogP contribution is -2.21. The first-order valence-corrected chi connectivity index (χ1v) is 7.99. The van der Waals surface area contributed by atoms with E-state index in [2.05, 4.69) is 5.32 Å². The van der Waals surface area contributed by atoms with Crippen LogP contribution in [0.5, 0.6) is 5.75 Å². The van der Waals surface area contributed by atoms with Crippen molar-refractivity contribution in [3.05, 3.63) is 56.6 Å². The molecule has 2 aromatic carbocycles. The molecule has 3 nitrogen and oxygen atoms in total. The number of ether oxygens (including phenoxy) is 1. The highest BCUT2D eigenvalue weighted by molar-refractivity contribution is 6.34. The van der Waals surface area contributed by atoms with E-state index in [1.54, 1.807) is 0 Å². The van der Waals surface area contributed by atoms with Crippen molar-refractivity contribution in [3.8, 4) is 5.75 Å². The van der Waals surface area contributed by atoms with E-state index in [0.717, 1.165) is 22.3 Å². The third-order valence-corrected chi connectivity index (χ3v) is 4.37. The summed E-state index contributed by atoms with van der Waals surface area (Å²) in [4.78, 5) is 12.1. The molecule has 0 aliphatic carbocycles. The Morgan fingerprint density at radius 2 is 1.61 bits per heavy atom. The quantitative estimate of drug-likeness (QED) is 0.817. The lowest BCUT2D eigenvalue weighted by Gasteiger charge is -2.13. The van der Waals surface area contributed by atoms with Crippen LogP contribution in [0, 0.1) is 27.7 Å². The van der Waals surface area contributed by atoms with Gasteiger partial charge in [-0.15, -0.1) is 0 Å². The zero-order chi connectivity index (χ0) is 17.1. The summed E-state index contributed by atoms with van der Waals surface area (Å²) < 4.78 is 5.55. The van der Waals surface area contributed by atoms with Gasteiger partial charge in [0.2, 0.25) is 0 Å². The summed E-state index contributed by atoms with van der Waals surface area (Å²) in [6.45, 7) is 7.57. The summed E-state index contributed by atoms with van der Waals surface area (Å²) in [5.41, 5.74) is 4.42. The first-order chi connectivity index (χ1) is 10.8. The summed E-state index contributed by atoms with van der Waals surface area (Å²) in [6, 6.07) is 7.41. The first kappa shape index (κ1) is 17.6. The highest BCUT2D eigenvalue weighted by Gasteiger charge is 2.11. The molecule has 0 bridgehead atoms. The highest BCUT2D eigenvalue weighted by atomic mass is 35.5. The minimum absolute atomic E-state index is 0.0931. The number of halogens is 2. The molecular weight excluding hydrogens is 333 g/mol. The van der Waals surface area contributed by atoms with E-state index < -0.39 is 0 Å². The van der Waals surface area contributed by atoms with Crippen molar-refractivity contribution in [1.29, 1.82) is 0 Å². The van der Waals surface area contributed by atoms with Crippen LogP contribution in [-0.4, -0.2) is 12.5 Å². The summed E-state index contributed by atoms with van der Waals surface area (Å²) in [6.07, 6.45) is 0. The Labute approximate surface area is 146 Å². The van der Waals surface area contributed by atoms with Gasteiger partial charge in [-0.2, -0.15) is 0 Å². The molecular formula is C18H19Cl2NO2. The molecule has 2 rings (SSSR count). The van der Waals surface area contributed by atoms with Gasteiger partial charge in [0.05, 0.1) is 10.7 Å². The van der Waals surface area contributed by atoms with Crippen molar-refractivity contribution in [2.45, 2.75) is 27.7 Å². The Kier molecular flexibility index (Phi) is 5.55. The van der Waals surface area contributed by atoms with E-state index in [1.165, 1.54) is 0 Å². The Morgan fingerprint density at radius 1 is 1.00 bits per heavy atom. The second-order valence-corrected chi connectivity index (χ2v) is 6.43. The number of aryl methyl sites for hydroxylation is 4. The molecule has 0 radical (unpaired) electrons. The molecule has 0 saturated heterocycles. The maximum Gasteiger partial charge on any atom is 0.262 e. The van der Waals surface area contributed by atoms with Crippen molar-refractivity contribution in [1.82, 2.24) is 0 Å². The number of nitrogens with one attached hydrogen (secondary N) is 1. The topological polar surface area (TPSA) is 38.3 Å². The van der Waals surface area contributed by atoms with Gasteiger partial charge in [-0.05, 0) is 68.1 Å². The highest BCUT2D eigenvalue weighted by Crippen LogP contribution is 2.28. The van der Waals surface area contributed by atoms with Crippen LogP contribution in [0.3, 0.4) is 0 Å². The lowest BCUT2D eigenvalue weighted by molar-refractivity contribution is -0.118. The molecule has 0 unspecified atom stereocenters. The van der Waals surface area contributed by atoms with Crippen molar-refractivity contribution in [2.75, 3.05) is 11.9 Å². The van der Waals surface area contributed by atoms with E-state index in [9.17, 15) is 4.79 Å². The maximum absolute atomic E-state index is 12.1. The van der Waals surface area contributed by atoms with E-state index >= 15 is 0 Å². The Morgan fingerprint density at radius 3 is 2.17 bits per heavy atom. The molecule has 0 saturated carbocycles. The molecule has 122 valence electrons. The zero-order valence-electron chi connectivity index (χ0n) is 13.6. The summed E-state index contributed by atoms with van der Waals surface area (Å²) in [7, 11) is 0. The molecule has 5 heteroatoms. The van der Waals surface area contributed by atoms with E-state index in [0.29, 0.717) is 21.5 Å². The molecule has 0 heterocycles. The van der Waals surface area contributed by atoms with Crippen LogP contribution >= 0.6 is 23.2 Å². The molecule has 0 fully saturated rings. The number of hydrogen-bond donors (Lipinski definition) is 1. The number of rotatable bonds is 4. The SMILES string of the molecule is Cc1cc(C)c(NC(=O)COc2cc(C)c(Cl)c(C)c2)c(Cl)c1. The summed E-state index contributed by atoms with van der Waals surface area (Å²) in [5.74, 6) is 0.357. The number of carbonyl (C=O) groups excluding carboxylic acids is 1. The minimum atomic E-state index is -0.260. The predicted octanol–water partition coefficient (Wildman–Crippen LogP) is 5.24. The molecule has 23 heavy (non-hydrogen) atoms. The minimum Gasteiger partial charge on any atom is -0.484 e. The van der Waals surface area contributed by atoms with Gasteiger partial charge in [0.15, 0.2) is 6.61 Å². The fourth-order valence-electron chi connectivity index (χ4n) is 2.39. The van der Waals surface area contributed by atoms with E-state index in [-0.39, 0.29) is 12.5 Å². The molecule has 0 aliphatic heterocycles. The third-order valence-electron chi connectivity index (χ3n) is 3.48. The Bertz CT molecular complexity index is 711. The van der Waals surface area contributed by atoms with Crippen molar-refractivity contribution >= 4 is 34.8 Å². The fraction of sp³-hybridized carbons (Fsp3) is 0.278. The number of benzene rings is 2. The number of amides is 1. The van der Waals surface area contributed by atoms with Gasteiger partial charge in [0.1, 0.15) is 5.75 Å². The third kappa shape index (κ3) is 4.40. The Hall–Kier alpha value is -1.71. The van der Waals surface area contributed by atoms with Crippen LogP contribution in [0.2, 0.25) is 10.0 Å². The van der Waals surface area contributed by atoms with E-state index in [4.69, 9.17) is 27.9 Å². The lowest BCUT2D eigenvalue weighted by atomic mass is 10.1. The van der Waals surface area contributed by atoms with Gasteiger partial charge in [-0.3, -0.25) is 4.79 Å². The molecule has 0 aliphatic rings. The van der Waals surface area contributed by atoms with Crippen molar-refractivity contribution < 1.29 is 9.53 Å². The predicted molar refractivity (Wildman–Crippen MR) is 96.0 cm³/mol. The van der Waals surface area contributed by atoms with Crippen LogP contribution in [0.15, 0.2) is 24.3 Å². The van der Waals surface area contributed by atoms with Gasteiger partial charge >= 0.3 is 0 Å². The van der Waals surface area contributed by atoms with Gasteiger partial charge < -0.3 is 10.1 Å². The monoisotopic (exact) mass is 351 g/mol. The smallest absolute Gasteiger partial charge is 0.262 e. The molecule has 1 amide bonds. The number of anilines is 1. The van der Waals surface area contributed by atoms with Crippen LogP contribution in [0.1, 0.15) is 22.3 Å². The van der Waals surface area contributed by atoms with E-state index in [1.807, 2.05) is 52.0 Å². The zero-order valence-corrected chi connectivity index (χ0v) is 15.1. The van der Waals surface area contributed by atoms with Crippen molar-refractivity contribution in [3.63, 3.8) is 0 Å². The largest absolute Gasteiger partial charge is 0.484 e. The molecule has 0 spiro atoms. The summed E-state index contributed by atoms with van der Waals surface area (Å²) >= 11 is 12.3. The maximum atomic E-state index is 12.1. The van der Waals surface area contributed by atoms with Gasteiger partial charge in [-0.25, -0.2) is 0 Å². The second kappa shape index (κ2) is 7.24. The van der Waals surface area contributed by atoms with Crippen LogP contribution < -0.4 is 10.1 Å². The second-order valence-electron chi connectivity index (χ2n) is 5.65. The summed E-state index contributed by atoms with van der Waals surface area (Å²) in [5, 5.41) is 4.03. The average Bonchev–Trinajstić information content (AvgIpc) is 2.46. The first-order valence-electron chi connectivity index (χ1n) is 7.24. The molecule has 2 aromatic rings. The van der Waals surface area contributed by atoms with Gasteiger partial charge in [-0.1, -0.05) is 29.3 Å². The van der Waals surface area contributed by atoms with Crippen LogP contribution in [-0.2, 0) is 4.79 Å². The van der Waals surface area contributed by atoms with Gasteiger partial charge in [0, 0.05) is 5.02 Å². The molecule has 0 aromatic heterocycles. The fourth-order valence-corrected chi connectivity index (χ4v) is 2.87. The van der Waals surface area contributed by atoms with Crippen LogP contribution in [0.4, 0.5) is 5.69 Å². The molecule has 0 atom stereocenters. The van der Waals surface area contributed by atoms with Crippen molar-refractivity contribution in [2.24, 2.45) is 0 Å². The van der Waals surface area contributed by atoms with Crippen LogP contribution in [0.25, 0.3) is 0 Å². The number of hydrogen-bond acceptors (Lipinski definition) is 2. The average molecular weight is 352 g/mol.